The van der Waals surface area contributed by atoms with Gasteiger partial charge in [0.2, 0.25) is 0 Å². The normalized spacial score (nSPS) is 24.9. The lowest BCUT2D eigenvalue weighted by atomic mass is 9.98. The first kappa shape index (κ1) is 67.8. The van der Waals surface area contributed by atoms with Crippen LogP contribution in [0.5, 0.6) is 0 Å². The van der Waals surface area contributed by atoms with Crippen LogP contribution in [0.25, 0.3) is 0 Å². The predicted molar refractivity (Wildman–Crippen MR) is 289 cm³/mol. The molecule has 0 radical (unpaired) electrons. The zero-order valence-electron chi connectivity index (χ0n) is 46.1. The number of ether oxygens (including phenoxy) is 6. The fourth-order valence-corrected chi connectivity index (χ4v) is 9.28. The number of aliphatic hydroxyl groups is 7. The summed E-state index contributed by atoms with van der Waals surface area (Å²) in [6.07, 6.45) is 34.5. The SMILES string of the molecule is CCCCC/C=C/C/C=C/C/C=C/CCCCCCC(=O)O[C@@H](COC(=O)CCCCCCCCCCCCCCCCCCCCCCC)CO[C@@H]1O[C@H](CO[C@@H]2O[C@H](CO)[C@H](O)C(O)C2O)[C@H](O)C(O)C1O. The number of hydrogen-bond acceptors (Lipinski definition) is 15. The van der Waals surface area contributed by atoms with E-state index in [0.717, 1.165) is 64.2 Å². The van der Waals surface area contributed by atoms with Crippen LogP contribution in [0.2, 0.25) is 0 Å². The zero-order valence-corrected chi connectivity index (χ0v) is 46.1. The quantitative estimate of drug-likeness (QED) is 0.0171. The number of esters is 2. The van der Waals surface area contributed by atoms with Gasteiger partial charge >= 0.3 is 11.9 Å². The second-order valence-corrected chi connectivity index (χ2v) is 20.8. The summed E-state index contributed by atoms with van der Waals surface area (Å²) in [4.78, 5) is 25.9. The van der Waals surface area contributed by atoms with Crippen molar-refractivity contribution in [1.29, 1.82) is 0 Å². The van der Waals surface area contributed by atoms with Crippen molar-refractivity contribution >= 4 is 11.9 Å². The maximum Gasteiger partial charge on any atom is 0.306 e. The third kappa shape index (κ3) is 32.5. The molecule has 2 heterocycles. The lowest BCUT2D eigenvalue weighted by Gasteiger charge is -2.42. The lowest BCUT2D eigenvalue weighted by Crippen LogP contribution is -2.61. The number of carbonyl (C=O) groups excluding carboxylic acids is 2. The fourth-order valence-electron chi connectivity index (χ4n) is 9.28. The van der Waals surface area contributed by atoms with Crippen molar-refractivity contribution in [2.45, 2.75) is 300 Å². The summed E-state index contributed by atoms with van der Waals surface area (Å²) in [6.45, 7) is 2.58. The van der Waals surface area contributed by atoms with E-state index in [-0.39, 0.29) is 26.1 Å². The van der Waals surface area contributed by atoms with Crippen LogP contribution in [0.4, 0.5) is 0 Å². The molecule has 2 fully saturated rings. The van der Waals surface area contributed by atoms with Gasteiger partial charge in [-0.2, -0.15) is 0 Å². The van der Waals surface area contributed by atoms with Crippen LogP contribution >= 0.6 is 0 Å². The van der Waals surface area contributed by atoms with Gasteiger partial charge in [-0.05, 0) is 51.4 Å². The van der Waals surface area contributed by atoms with Crippen LogP contribution in [0.15, 0.2) is 36.5 Å². The molecular formula is C59H106O15. The molecule has 7 N–H and O–H groups in total. The van der Waals surface area contributed by atoms with E-state index < -0.39 is 92.7 Å². The minimum atomic E-state index is -1.77. The largest absolute Gasteiger partial charge is 0.462 e. The second kappa shape index (κ2) is 45.7. The van der Waals surface area contributed by atoms with Crippen molar-refractivity contribution in [3.8, 4) is 0 Å². The molecule has 15 nitrogen and oxygen atoms in total. The summed E-state index contributed by atoms with van der Waals surface area (Å²) in [6, 6.07) is 0. The molecule has 4 unspecified atom stereocenters. The molecule has 2 saturated heterocycles. The third-order valence-corrected chi connectivity index (χ3v) is 14.1. The highest BCUT2D eigenvalue weighted by Crippen LogP contribution is 2.27. The van der Waals surface area contributed by atoms with Gasteiger partial charge < -0.3 is 64.2 Å². The molecule has 0 spiro atoms. The molecule has 2 rings (SSSR count). The van der Waals surface area contributed by atoms with Gasteiger partial charge in [0.25, 0.3) is 0 Å². The first-order chi connectivity index (χ1) is 36.0. The van der Waals surface area contributed by atoms with E-state index in [9.17, 15) is 45.3 Å². The molecular weight excluding hydrogens is 949 g/mol. The van der Waals surface area contributed by atoms with Crippen LogP contribution in [0.1, 0.15) is 232 Å². The minimum absolute atomic E-state index is 0.141. The van der Waals surface area contributed by atoms with Gasteiger partial charge in [0.05, 0.1) is 19.8 Å². The molecule has 2 aliphatic heterocycles. The van der Waals surface area contributed by atoms with Gasteiger partial charge in [0.15, 0.2) is 18.7 Å². The number of rotatable bonds is 47. The maximum atomic E-state index is 13.1. The minimum Gasteiger partial charge on any atom is -0.462 e. The van der Waals surface area contributed by atoms with Crippen molar-refractivity contribution in [3.63, 3.8) is 0 Å². The Kier molecular flexibility index (Phi) is 41.9. The van der Waals surface area contributed by atoms with Crippen LogP contribution in [-0.4, -0.2) is 142 Å². The molecule has 0 aromatic rings. The Morgan fingerprint density at radius 3 is 1.30 bits per heavy atom. The van der Waals surface area contributed by atoms with Gasteiger partial charge in [-0.15, -0.1) is 0 Å². The summed E-state index contributed by atoms with van der Waals surface area (Å²) < 4.78 is 33.7. The molecule has 0 aromatic heterocycles. The van der Waals surface area contributed by atoms with Gasteiger partial charge in [0, 0.05) is 12.8 Å². The Bertz CT molecular complexity index is 1430. The molecule has 0 bridgehead atoms. The van der Waals surface area contributed by atoms with Crippen molar-refractivity contribution in [3.05, 3.63) is 36.5 Å². The van der Waals surface area contributed by atoms with Crippen molar-refractivity contribution in [2.24, 2.45) is 0 Å². The summed E-state index contributed by atoms with van der Waals surface area (Å²) in [5.74, 6) is -0.940. The number of aliphatic hydroxyl groups excluding tert-OH is 7. The van der Waals surface area contributed by atoms with E-state index in [1.807, 2.05) is 0 Å². The summed E-state index contributed by atoms with van der Waals surface area (Å²) in [7, 11) is 0. The highest BCUT2D eigenvalue weighted by Gasteiger charge is 2.47. The highest BCUT2D eigenvalue weighted by atomic mass is 16.7. The van der Waals surface area contributed by atoms with Crippen LogP contribution in [-0.2, 0) is 38.0 Å². The smallest absolute Gasteiger partial charge is 0.306 e. The van der Waals surface area contributed by atoms with Crippen molar-refractivity contribution < 1.29 is 73.8 Å². The summed E-state index contributed by atoms with van der Waals surface area (Å²) in [5, 5.41) is 72.3. The Morgan fingerprint density at radius 2 is 0.811 bits per heavy atom. The van der Waals surface area contributed by atoms with Crippen molar-refractivity contribution in [1.82, 2.24) is 0 Å². The average molecular weight is 1060 g/mol. The van der Waals surface area contributed by atoms with E-state index in [1.165, 1.54) is 128 Å². The van der Waals surface area contributed by atoms with E-state index in [0.29, 0.717) is 12.8 Å². The Labute approximate surface area is 446 Å². The first-order valence-electron chi connectivity index (χ1n) is 29.6. The lowest BCUT2D eigenvalue weighted by molar-refractivity contribution is -0.332. The summed E-state index contributed by atoms with van der Waals surface area (Å²) in [5.41, 5.74) is 0. The third-order valence-electron chi connectivity index (χ3n) is 14.1. The molecule has 0 amide bonds. The summed E-state index contributed by atoms with van der Waals surface area (Å²) >= 11 is 0. The van der Waals surface area contributed by atoms with Crippen LogP contribution in [0, 0.1) is 0 Å². The first-order valence-corrected chi connectivity index (χ1v) is 29.6. The molecule has 74 heavy (non-hydrogen) atoms. The fraction of sp³-hybridized carbons (Fsp3) is 0.864. The molecule has 0 saturated carbocycles. The van der Waals surface area contributed by atoms with E-state index in [2.05, 4.69) is 50.3 Å². The molecule has 0 aliphatic carbocycles. The molecule has 432 valence electrons. The predicted octanol–water partition coefficient (Wildman–Crippen LogP) is 10.1. The van der Waals surface area contributed by atoms with E-state index in [4.69, 9.17) is 28.4 Å². The highest BCUT2D eigenvalue weighted by molar-refractivity contribution is 5.70. The Hall–Kier alpha value is -2.28. The molecule has 11 atom stereocenters. The standard InChI is InChI=1S/C59H106O15/c1-3-5-7-9-11-13-15-17-19-21-22-23-24-26-27-29-31-33-35-37-39-41-50(61)69-44-47(72-51(62)42-40-38-36-34-32-30-28-25-20-18-16-14-12-10-8-6-4-2)45-70-58-57(68)55(66)53(64)49(74-58)46-71-59-56(67)54(65)52(63)48(43-60)73-59/h12,14,18,20,28,30,47-49,52-60,63-68H,3-11,13,15-17,19,21-27,29,31-46H2,1-2H3/b14-12+,20-18+,30-28+/t47-,48+,49+,52-,53-,54?,55?,56?,57?,58+,59+/m0/s1. The average Bonchev–Trinajstić information content (AvgIpc) is 3.39. The number of hydrogen-bond donors (Lipinski definition) is 7. The van der Waals surface area contributed by atoms with Gasteiger partial charge in [-0.1, -0.05) is 204 Å². The molecule has 2 aliphatic rings. The second-order valence-electron chi connectivity index (χ2n) is 20.8. The maximum absolute atomic E-state index is 13.1. The van der Waals surface area contributed by atoms with Crippen LogP contribution < -0.4 is 0 Å². The number of unbranched alkanes of at least 4 members (excludes halogenated alkanes) is 27. The van der Waals surface area contributed by atoms with Crippen LogP contribution in [0.3, 0.4) is 0 Å². The molecule has 15 heteroatoms. The van der Waals surface area contributed by atoms with Gasteiger partial charge in [0.1, 0.15) is 55.4 Å². The van der Waals surface area contributed by atoms with Gasteiger partial charge in [-0.3, -0.25) is 9.59 Å². The number of carbonyl (C=O) groups is 2. The van der Waals surface area contributed by atoms with Crippen molar-refractivity contribution in [2.75, 3.05) is 26.4 Å². The zero-order chi connectivity index (χ0) is 53.9. The monoisotopic (exact) mass is 1050 g/mol. The Balaban J connectivity index is 1.75. The number of allylic oxidation sites excluding steroid dienone is 6. The topological polar surface area (TPSA) is 231 Å². The van der Waals surface area contributed by atoms with E-state index >= 15 is 0 Å². The molecule has 0 aromatic carbocycles. The Morgan fingerprint density at radius 1 is 0.432 bits per heavy atom. The van der Waals surface area contributed by atoms with Gasteiger partial charge in [-0.25, -0.2) is 0 Å². The van der Waals surface area contributed by atoms with E-state index in [1.54, 1.807) is 0 Å².